The maximum absolute atomic E-state index is 11.8. The maximum atomic E-state index is 11.8. The first-order valence-corrected chi connectivity index (χ1v) is 8.55. The Morgan fingerprint density at radius 3 is 1.78 bits per heavy atom. The number of ether oxygens (including phenoxy) is 1. The first-order chi connectivity index (χ1) is 11.3. The Kier molecular flexibility index (Phi) is 4.79. The van der Waals surface area contributed by atoms with Crippen LogP contribution in [0.2, 0.25) is 0 Å². The van der Waals surface area contributed by atoms with Crippen molar-refractivity contribution >= 4 is 16.9 Å². The van der Waals surface area contributed by atoms with Crippen LogP contribution in [0.15, 0.2) is 99.6 Å². The van der Waals surface area contributed by atoms with Gasteiger partial charge in [-0.25, -0.2) is 4.79 Å². The molecule has 0 N–H and O–H groups in total. The summed E-state index contributed by atoms with van der Waals surface area (Å²) in [6.07, 6.45) is 0. The molecule has 0 amide bonds. The first kappa shape index (κ1) is 15.4. The van der Waals surface area contributed by atoms with E-state index in [2.05, 4.69) is 30.3 Å². The van der Waals surface area contributed by atoms with Crippen molar-refractivity contribution in [3.05, 3.63) is 90.5 Å². The van der Waals surface area contributed by atoms with E-state index in [1.807, 2.05) is 48.5 Å². The standard InChI is InChI=1S/C20H17O2S/c1-22-20(21)16-9-8-14-19(15-16)23(17-10-4-2-5-11-17)18-12-6-3-7-13-18/h2-15H,1H3/q+1. The molecule has 3 aromatic carbocycles. The lowest BCUT2D eigenvalue weighted by Crippen LogP contribution is -2.07. The van der Waals surface area contributed by atoms with Crippen LogP contribution >= 0.6 is 0 Å². The predicted molar refractivity (Wildman–Crippen MR) is 92.8 cm³/mol. The number of carbonyl (C=O) groups is 1. The molecule has 0 saturated carbocycles. The Labute approximate surface area is 139 Å². The minimum atomic E-state index is -0.309. The number of hydrogen-bond donors (Lipinski definition) is 0. The normalized spacial score (nSPS) is 10.5. The fraction of sp³-hybridized carbons (Fsp3) is 0.0500. The molecule has 0 unspecified atom stereocenters. The molecular weight excluding hydrogens is 304 g/mol. The molecule has 0 spiro atoms. The van der Waals surface area contributed by atoms with E-state index in [4.69, 9.17) is 4.74 Å². The van der Waals surface area contributed by atoms with Crippen LogP contribution in [-0.2, 0) is 15.6 Å². The lowest BCUT2D eigenvalue weighted by Gasteiger charge is -2.08. The van der Waals surface area contributed by atoms with Gasteiger partial charge in [0.25, 0.3) is 0 Å². The molecule has 3 aromatic rings. The molecule has 0 fully saturated rings. The molecular formula is C20H17O2S+. The first-order valence-electron chi connectivity index (χ1n) is 7.32. The largest absolute Gasteiger partial charge is 0.465 e. The minimum absolute atomic E-state index is 0.251. The van der Waals surface area contributed by atoms with Crippen molar-refractivity contribution in [3.63, 3.8) is 0 Å². The van der Waals surface area contributed by atoms with E-state index in [1.54, 1.807) is 6.07 Å². The molecule has 0 aliphatic carbocycles. The average molecular weight is 321 g/mol. The maximum Gasteiger partial charge on any atom is 0.338 e. The summed E-state index contributed by atoms with van der Waals surface area (Å²) in [5.74, 6) is -0.309. The second-order valence-corrected chi connectivity index (χ2v) is 6.98. The topological polar surface area (TPSA) is 26.3 Å². The van der Waals surface area contributed by atoms with Gasteiger partial charge in [-0.1, -0.05) is 42.5 Å². The van der Waals surface area contributed by atoms with Gasteiger partial charge in [0.1, 0.15) is 0 Å². The van der Waals surface area contributed by atoms with Crippen LogP contribution in [-0.4, -0.2) is 13.1 Å². The summed E-state index contributed by atoms with van der Waals surface area (Å²) in [7, 11) is 1.15. The van der Waals surface area contributed by atoms with Gasteiger partial charge in [-0.05, 0) is 36.4 Å². The van der Waals surface area contributed by atoms with Crippen LogP contribution < -0.4 is 0 Å². The Bertz CT molecular complexity index is 746. The van der Waals surface area contributed by atoms with Crippen molar-refractivity contribution < 1.29 is 9.53 Å². The Morgan fingerprint density at radius 1 is 0.739 bits per heavy atom. The molecule has 114 valence electrons. The Morgan fingerprint density at radius 2 is 1.26 bits per heavy atom. The zero-order valence-electron chi connectivity index (χ0n) is 12.8. The monoisotopic (exact) mass is 321 g/mol. The van der Waals surface area contributed by atoms with Gasteiger partial charge in [0, 0.05) is 6.07 Å². The number of hydrogen-bond acceptors (Lipinski definition) is 2. The number of methoxy groups -OCH3 is 1. The van der Waals surface area contributed by atoms with Crippen molar-refractivity contribution in [1.29, 1.82) is 0 Å². The van der Waals surface area contributed by atoms with E-state index in [1.165, 1.54) is 16.9 Å². The zero-order valence-corrected chi connectivity index (χ0v) is 13.6. The van der Waals surface area contributed by atoms with Crippen LogP contribution in [0.1, 0.15) is 10.4 Å². The molecule has 0 saturated heterocycles. The van der Waals surface area contributed by atoms with Crippen molar-refractivity contribution in [3.8, 4) is 0 Å². The third kappa shape index (κ3) is 3.46. The number of carbonyl (C=O) groups excluding carboxylic acids is 1. The Balaban J connectivity index is 2.11. The predicted octanol–water partition coefficient (Wildman–Crippen LogP) is 4.57. The summed E-state index contributed by atoms with van der Waals surface area (Å²) in [5, 5.41) is 0. The van der Waals surface area contributed by atoms with Gasteiger partial charge in [0.05, 0.1) is 23.6 Å². The van der Waals surface area contributed by atoms with E-state index in [0.29, 0.717) is 5.56 Å². The minimum Gasteiger partial charge on any atom is -0.465 e. The number of benzene rings is 3. The van der Waals surface area contributed by atoms with Gasteiger partial charge in [-0.3, -0.25) is 0 Å². The van der Waals surface area contributed by atoms with E-state index >= 15 is 0 Å². The summed E-state index contributed by atoms with van der Waals surface area (Å²) in [4.78, 5) is 15.4. The summed E-state index contributed by atoms with van der Waals surface area (Å²) >= 11 is 0. The fourth-order valence-electron chi connectivity index (χ4n) is 2.39. The molecule has 0 bridgehead atoms. The molecule has 0 radical (unpaired) electrons. The van der Waals surface area contributed by atoms with Gasteiger partial charge in [-0.2, -0.15) is 0 Å². The van der Waals surface area contributed by atoms with Crippen molar-refractivity contribution in [2.24, 2.45) is 0 Å². The van der Waals surface area contributed by atoms with Crippen LogP contribution in [0.5, 0.6) is 0 Å². The zero-order chi connectivity index (χ0) is 16.1. The Hall–Kier alpha value is -2.52. The molecule has 2 nitrogen and oxygen atoms in total. The molecule has 0 heterocycles. The average Bonchev–Trinajstić information content (AvgIpc) is 2.63. The van der Waals surface area contributed by atoms with Gasteiger partial charge in [-0.15, -0.1) is 0 Å². The van der Waals surface area contributed by atoms with Gasteiger partial charge in [0.15, 0.2) is 14.7 Å². The number of esters is 1. The van der Waals surface area contributed by atoms with Gasteiger partial charge >= 0.3 is 5.97 Å². The van der Waals surface area contributed by atoms with E-state index in [9.17, 15) is 4.79 Å². The number of rotatable bonds is 4. The lowest BCUT2D eigenvalue weighted by molar-refractivity contribution is 0.0600. The molecule has 3 rings (SSSR count). The second kappa shape index (κ2) is 7.16. The lowest BCUT2D eigenvalue weighted by atomic mass is 10.2. The highest BCUT2D eigenvalue weighted by Gasteiger charge is 2.28. The molecule has 3 heteroatoms. The van der Waals surface area contributed by atoms with Crippen molar-refractivity contribution in [1.82, 2.24) is 0 Å². The summed E-state index contributed by atoms with van der Waals surface area (Å²) < 4.78 is 4.85. The molecule has 0 atom stereocenters. The molecule has 23 heavy (non-hydrogen) atoms. The van der Waals surface area contributed by atoms with Crippen LogP contribution in [0, 0.1) is 0 Å². The van der Waals surface area contributed by atoms with Crippen molar-refractivity contribution in [2.45, 2.75) is 14.7 Å². The van der Waals surface area contributed by atoms with E-state index in [-0.39, 0.29) is 16.9 Å². The third-order valence-corrected chi connectivity index (χ3v) is 5.66. The molecule has 0 aromatic heterocycles. The van der Waals surface area contributed by atoms with Crippen molar-refractivity contribution in [2.75, 3.05) is 7.11 Å². The highest BCUT2D eigenvalue weighted by Crippen LogP contribution is 2.31. The smallest absolute Gasteiger partial charge is 0.338 e. The third-order valence-electron chi connectivity index (χ3n) is 3.45. The van der Waals surface area contributed by atoms with Gasteiger partial charge < -0.3 is 4.74 Å². The summed E-state index contributed by atoms with van der Waals surface area (Å²) in [6, 6.07) is 28.4. The SMILES string of the molecule is COC(=O)c1cccc([S+](c2ccccc2)c2ccccc2)c1. The van der Waals surface area contributed by atoms with E-state index in [0.717, 1.165) is 4.90 Å². The molecule has 0 aliphatic heterocycles. The second-order valence-electron chi connectivity index (χ2n) is 4.95. The van der Waals surface area contributed by atoms with Crippen LogP contribution in [0.3, 0.4) is 0 Å². The quantitative estimate of drug-likeness (QED) is 0.520. The van der Waals surface area contributed by atoms with Gasteiger partial charge in [0.2, 0.25) is 0 Å². The van der Waals surface area contributed by atoms with Crippen LogP contribution in [0.25, 0.3) is 0 Å². The summed E-state index contributed by atoms with van der Waals surface area (Å²) in [5.41, 5.74) is 0.578. The highest BCUT2D eigenvalue weighted by atomic mass is 32.2. The van der Waals surface area contributed by atoms with Crippen LogP contribution in [0.4, 0.5) is 0 Å². The fourth-order valence-corrected chi connectivity index (χ4v) is 4.52. The van der Waals surface area contributed by atoms with E-state index < -0.39 is 0 Å². The summed E-state index contributed by atoms with van der Waals surface area (Å²) in [6.45, 7) is 0. The highest BCUT2D eigenvalue weighted by molar-refractivity contribution is 7.97. The molecule has 0 aliphatic rings.